The van der Waals surface area contributed by atoms with Crippen LogP contribution in [-0.4, -0.2) is 25.7 Å². The van der Waals surface area contributed by atoms with Crippen molar-refractivity contribution >= 4 is 51.7 Å². The molecular formula is C54H38N4O. The first-order chi connectivity index (χ1) is 29.1. The average molecular weight is 759 g/mol. The molecule has 5 nitrogen and oxygen atoms in total. The molecule has 5 heteroatoms. The van der Waals surface area contributed by atoms with E-state index in [2.05, 4.69) is 137 Å². The van der Waals surface area contributed by atoms with E-state index in [1.165, 1.54) is 0 Å². The van der Waals surface area contributed by atoms with Gasteiger partial charge in [-0.25, -0.2) is 9.97 Å². The van der Waals surface area contributed by atoms with Gasteiger partial charge in [-0.1, -0.05) is 151 Å². The lowest BCUT2D eigenvalue weighted by Gasteiger charge is -2.08. The van der Waals surface area contributed by atoms with Crippen molar-refractivity contribution in [1.29, 1.82) is 0 Å². The van der Waals surface area contributed by atoms with E-state index in [1.54, 1.807) is 6.08 Å². The molecule has 2 N–H and O–H groups in total. The number of hydrogen-bond donors (Lipinski definition) is 2. The zero-order valence-electron chi connectivity index (χ0n) is 32.4. The fourth-order valence-electron chi connectivity index (χ4n) is 8.05. The quantitative estimate of drug-likeness (QED) is 0.126. The number of nitrogens with zero attached hydrogens (tertiary/aromatic N) is 2. The van der Waals surface area contributed by atoms with Crippen LogP contribution in [-0.2, 0) is 0 Å². The molecule has 8 aromatic rings. The minimum Gasteiger partial charge on any atom is -0.354 e. The summed E-state index contributed by atoms with van der Waals surface area (Å²) >= 11 is 0. The molecule has 59 heavy (non-hydrogen) atoms. The van der Waals surface area contributed by atoms with E-state index in [1.807, 2.05) is 73.7 Å². The van der Waals surface area contributed by atoms with Crippen molar-refractivity contribution in [2.45, 2.75) is 6.92 Å². The largest absolute Gasteiger partial charge is 0.354 e. The van der Waals surface area contributed by atoms with Gasteiger partial charge in [-0.2, -0.15) is 0 Å². The van der Waals surface area contributed by atoms with Crippen LogP contribution in [0.25, 0.3) is 90.4 Å². The van der Waals surface area contributed by atoms with E-state index >= 15 is 0 Å². The molecule has 5 heterocycles. The number of rotatable bonds is 7. The standard InChI is InChI=1S/C54H38N4O/c1-35-22-24-36(25-23-35)49(59)33-26-41-34-48-52(39-18-10-4-11-19-39)46-30-29-44(56-46)50(37-14-6-2-7-15-37)42-27-28-43(55-42)51(38-16-8-3-9-17-38)45-31-32-47(57-45)53(54(41)58-48)40-20-12-5-13-21-40/h2-34,56-57H,1H3/b33-26-,50-42?,50-44?,51-43?,51-45?,52-46?,52-48?,53-47?,54-53?. The van der Waals surface area contributed by atoms with Gasteiger partial charge in [-0.15, -0.1) is 0 Å². The van der Waals surface area contributed by atoms with Crippen molar-refractivity contribution < 1.29 is 4.79 Å². The maximum atomic E-state index is 13.7. The molecule has 0 atom stereocenters. The maximum absolute atomic E-state index is 13.7. The monoisotopic (exact) mass is 758 g/mol. The SMILES string of the molecule is Cc1ccc(C(=O)/C=C\C2=Cc3nc2c(-c2ccccc2)c2ccc([nH]2)c(-c2ccccc2)c2nc(c(-c4ccccc4)c4ccc([nH]4)c3-c3ccccc3)C=C2)cc1. The fourth-order valence-corrected chi connectivity index (χ4v) is 8.05. The first-order valence-corrected chi connectivity index (χ1v) is 19.8. The number of nitrogens with one attached hydrogen (secondary N) is 2. The minimum atomic E-state index is -0.0748. The highest BCUT2D eigenvalue weighted by Crippen LogP contribution is 2.40. The van der Waals surface area contributed by atoms with Crippen LogP contribution in [0.3, 0.4) is 0 Å². The van der Waals surface area contributed by atoms with Gasteiger partial charge >= 0.3 is 0 Å². The first kappa shape index (κ1) is 35.5. The van der Waals surface area contributed by atoms with Gasteiger partial charge in [0.1, 0.15) is 0 Å². The number of H-pyrrole nitrogens is 2. The number of allylic oxidation sites excluding steroid dienone is 3. The Morgan fingerprint density at radius 2 is 0.864 bits per heavy atom. The number of fused-ring (bicyclic) bond motifs is 8. The molecule has 0 saturated carbocycles. The second-order valence-corrected chi connectivity index (χ2v) is 14.8. The second-order valence-electron chi connectivity index (χ2n) is 14.8. The van der Waals surface area contributed by atoms with E-state index < -0.39 is 0 Å². The van der Waals surface area contributed by atoms with E-state index in [0.717, 1.165) is 100 Å². The predicted molar refractivity (Wildman–Crippen MR) is 244 cm³/mol. The average Bonchev–Trinajstić information content (AvgIpc) is 4.12. The smallest absolute Gasteiger partial charge is 0.185 e. The normalized spacial score (nSPS) is 12.2. The Balaban J connectivity index is 1.36. The number of benzene rings is 5. The molecule has 280 valence electrons. The number of hydrogen-bond acceptors (Lipinski definition) is 3. The van der Waals surface area contributed by atoms with Crippen LogP contribution in [0.5, 0.6) is 0 Å². The third-order valence-corrected chi connectivity index (χ3v) is 10.9. The molecule has 0 radical (unpaired) electrons. The highest BCUT2D eigenvalue weighted by molar-refractivity contribution is 6.09. The van der Waals surface area contributed by atoms with E-state index in [0.29, 0.717) is 5.56 Å². The Bertz CT molecular complexity index is 3140. The van der Waals surface area contributed by atoms with Gasteiger partial charge in [0.2, 0.25) is 0 Å². The zero-order chi connectivity index (χ0) is 39.7. The maximum Gasteiger partial charge on any atom is 0.185 e. The molecule has 8 bridgehead atoms. The fraction of sp³-hybridized carbons (Fsp3) is 0.0185. The van der Waals surface area contributed by atoms with Crippen LogP contribution in [0, 0.1) is 6.92 Å². The van der Waals surface area contributed by atoms with Crippen molar-refractivity contribution in [3.05, 3.63) is 216 Å². The van der Waals surface area contributed by atoms with Crippen LogP contribution in [0.15, 0.2) is 182 Å². The molecule has 10 rings (SSSR count). The number of ketones is 1. The Morgan fingerprint density at radius 1 is 0.458 bits per heavy atom. The molecular weight excluding hydrogens is 721 g/mol. The molecule has 2 aliphatic heterocycles. The van der Waals surface area contributed by atoms with Gasteiger partial charge < -0.3 is 9.97 Å². The number of aryl methyl sites for hydroxylation is 1. The molecule has 0 aliphatic carbocycles. The summed E-state index contributed by atoms with van der Waals surface area (Å²) in [5.74, 6) is -0.0748. The van der Waals surface area contributed by atoms with Gasteiger partial charge in [0, 0.05) is 55.5 Å². The lowest BCUT2D eigenvalue weighted by Crippen LogP contribution is -1.94. The van der Waals surface area contributed by atoms with Crippen LogP contribution in [0.4, 0.5) is 0 Å². The number of aromatic nitrogens is 4. The van der Waals surface area contributed by atoms with Crippen molar-refractivity contribution in [3.63, 3.8) is 0 Å². The van der Waals surface area contributed by atoms with Crippen LogP contribution >= 0.6 is 0 Å². The predicted octanol–water partition coefficient (Wildman–Crippen LogP) is 13.4. The van der Waals surface area contributed by atoms with Crippen molar-refractivity contribution in [3.8, 4) is 44.5 Å². The second kappa shape index (κ2) is 15.2. The first-order valence-electron chi connectivity index (χ1n) is 19.8. The van der Waals surface area contributed by atoms with Crippen LogP contribution in [0.2, 0.25) is 0 Å². The van der Waals surface area contributed by atoms with Gasteiger partial charge in [-0.05, 0) is 83.8 Å². The summed E-state index contributed by atoms with van der Waals surface area (Å²) in [6.45, 7) is 2.02. The Labute approximate surface area is 342 Å². The molecule has 0 unspecified atom stereocenters. The summed E-state index contributed by atoms with van der Waals surface area (Å²) in [5, 5.41) is 0. The van der Waals surface area contributed by atoms with Crippen molar-refractivity contribution in [2.75, 3.05) is 0 Å². The van der Waals surface area contributed by atoms with Gasteiger partial charge in [0.05, 0.1) is 22.8 Å². The summed E-state index contributed by atoms with van der Waals surface area (Å²) in [6.07, 6.45) is 9.92. The van der Waals surface area contributed by atoms with E-state index in [9.17, 15) is 4.79 Å². The summed E-state index contributed by atoms with van der Waals surface area (Å²) in [4.78, 5) is 32.3. The summed E-state index contributed by atoms with van der Waals surface area (Å²) in [7, 11) is 0. The summed E-state index contributed by atoms with van der Waals surface area (Å²) < 4.78 is 0. The zero-order valence-corrected chi connectivity index (χ0v) is 32.4. The lowest BCUT2D eigenvalue weighted by molar-refractivity contribution is 0.104. The Hall–Kier alpha value is -7.89. The van der Waals surface area contributed by atoms with Crippen LogP contribution in [0.1, 0.15) is 38.7 Å². The van der Waals surface area contributed by atoms with Crippen LogP contribution < -0.4 is 0 Å². The van der Waals surface area contributed by atoms with E-state index in [4.69, 9.17) is 9.97 Å². The van der Waals surface area contributed by atoms with E-state index in [-0.39, 0.29) is 5.78 Å². The lowest BCUT2D eigenvalue weighted by atomic mass is 9.98. The Kier molecular flexibility index (Phi) is 9.16. The highest BCUT2D eigenvalue weighted by atomic mass is 16.1. The molecule has 2 aliphatic rings. The third-order valence-electron chi connectivity index (χ3n) is 10.9. The van der Waals surface area contributed by atoms with Crippen molar-refractivity contribution in [2.24, 2.45) is 0 Å². The van der Waals surface area contributed by atoms with Gasteiger partial charge in [0.15, 0.2) is 5.78 Å². The molecule has 5 aromatic carbocycles. The van der Waals surface area contributed by atoms with Crippen molar-refractivity contribution in [1.82, 2.24) is 19.9 Å². The summed E-state index contributed by atoms with van der Waals surface area (Å²) in [5.41, 5.74) is 17.4. The highest BCUT2D eigenvalue weighted by Gasteiger charge is 2.22. The molecule has 0 fully saturated rings. The molecule has 0 spiro atoms. The topological polar surface area (TPSA) is 74.4 Å². The van der Waals surface area contributed by atoms with Gasteiger partial charge in [0.25, 0.3) is 0 Å². The molecule has 0 amide bonds. The Morgan fingerprint density at radius 3 is 1.32 bits per heavy atom. The third kappa shape index (κ3) is 6.85. The number of carbonyl (C=O) groups is 1. The molecule has 3 aromatic heterocycles. The number of carbonyl (C=O) groups excluding carboxylic acids is 1. The van der Waals surface area contributed by atoms with Gasteiger partial charge in [-0.3, -0.25) is 4.79 Å². The minimum absolute atomic E-state index is 0.0748. The number of aromatic amines is 2. The molecule has 0 saturated heterocycles. The summed E-state index contributed by atoms with van der Waals surface area (Å²) in [6, 6.07) is 57.8.